The number of nitrogens with zero attached hydrogens (tertiary/aromatic N) is 3. The van der Waals surface area contributed by atoms with Crippen molar-refractivity contribution in [2.75, 3.05) is 32.7 Å². The number of rotatable bonds is 9. The Labute approximate surface area is 112 Å². The third kappa shape index (κ3) is 4.48. The van der Waals surface area contributed by atoms with Gasteiger partial charge in [-0.05, 0) is 19.5 Å². The Hall–Kier alpha value is -0.770. The van der Waals surface area contributed by atoms with Crippen LogP contribution in [0.25, 0.3) is 0 Å². The normalized spacial score (nSPS) is 19.7. The Morgan fingerprint density at radius 1 is 1.28 bits per heavy atom. The molecular weight excluding hydrogens is 224 g/mol. The molecule has 0 aromatic carbocycles. The Bertz CT molecular complexity index is 248. The van der Waals surface area contributed by atoms with Gasteiger partial charge >= 0.3 is 0 Å². The fourth-order valence-corrected chi connectivity index (χ4v) is 2.54. The highest BCUT2D eigenvalue weighted by atomic mass is 15.3. The minimum Gasteiger partial charge on any atom is -0.370 e. The summed E-state index contributed by atoms with van der Waals surface area (Å²) in [5.41, 5.74) is 6.00. The van der Waals surface area contributed by atoms with Gasteiger partial charge in [-0.25, -0.2) is 0 Å². The molecule has 1 aliphatic rings. The van der Waals surface area contributed by atoms with Gasteiger partial charge in [0, 0.05) is 13.1 Å². The van der Waals surface area contributed by atoms with Crippen molar-refractivity contribution >= 4 is 5.96 Å². The Morgan fingerprint density at radius 2 is 2.00 bits per heavy atom. The summed E-state index contributed by atoms with van der Waals surface area (Å²) in [5, 5.41) is 0. The van der Waals surface area contributed by atoms with Crippen LogP contribution >= 0.6 is 0 Å². The third-order valence-electron chi connectivity index (χ3n) is 3.89. The van der Waals surface area contributed by atoms with E-state index in [2.05, 4.69) is 35.6 Å². The molecule has 0 saturated heterocycles. The van der Waals surface area contributed by atoms with Gasteiger partial charge in [0.05, 0.1) is 12.6 Å². The molecule has 106 valence electrons. The summed E-state index contributed by atoms with van der Waals surface area (Å²) in [7, 11) is 0. The van der Waals surface area contributed by atoms with E-state index in [1.807, 2.05) is 0 Å². The quantitative estimate of drug-likeness (QED) is 0.639. The number of unbranched alkanes of at least 4 members (excludes halogenated alkanes) is 2. The number of guanidine groups is 1. The van der Waals surface area contributed by atoms with E-state index in [0.717, 1.165) is 38.7 Å². The van der Waals surface area contributed by atoms with Crippen LogP contribution in [0, 0.1) is 0 Å². The van der Waals surface area contributed by atoms with Crippen LogP contribution in [0.2, 0.25) is 0 Å². The molecule has 4 heteroatoms. The van der Waals surface area contributed by atoms with Crippen molar-refractivity contribution in [1.82, 2.24) is 9.80 Å². The van der Waals surface area contributed by atoms with Crippen molar-refractivity contribution in [3.8, 4) is 0 Å². The molecule has 1 atom stereocenters. The van der Waals surface area contributed by atoms with Crippen LogP contribution in [0.3, 0.4) is 0 Å². The summed E-state index contributed by atoms with van der Waals surface area (Å²) >= 11 is 0. The van der Waals surface area contributed by atoms with Gasteiger partial charge < -0.3 is 15.5 Å². The zero-order valence-corrected chi connectivity index (χ0v) is 12.4. The SMILES string of the molecule is CCCCCC1CN=C(N)N1CCN(CC)CC. The van der Waals surface area contributed by atoms with Crippen molar-refractivity contribution in [3.05, 3.63) is 0 Å². The first kappa shape index (κ1) is 15.3. The molecule has 0 saturated carbocycles. The molecule has 4 nitrogen and oxygen atoms in total. The molecule has 1 aliphatic heterocycles. The van der Waals surface area contributed by atoms with Crippen LogP contribution in [0.1, 0.15) is 46.5 Å². The molecule has 2 N–H and O–H groups in total. The first-order valence-electron chi connectivity index (χ1n) is 7.51. The van der Waals surface area contributed by atoms with Crippen LogP contribution in [-0.4, -0.2) is 54.5 Å². The fraction of sp³-hybridized carbons (Fsp3) is 0.929. The summed E-state index contributed by atoms with van der Waals surface area (Å²) in [6.07, 6.45) is 5.13. The van der Waals surface area contributed by atoms with Crippen molar-refractivity contribution in [2.45, 2.75) is 52.5 Å². The molecule has 1 rings (SSSR count). The number of aliphatic imine (C=N–C) groups is 1. The lowest BCUT2D eigenvalue weighted by molar-refractivity contribution is 0.240. The molecule has 0 radical (unpaired) electrons. The number of nitrogens with two attached hydrogens (primary N) is 1. The lowest BCUT2D eigenvalue weighted by atomic mass is 10.1. The van der Waals surface area contributed by atoms with Crippen LogP contribution < -0.4 is 5.73 Å². The maximum Gasteiger partial charge on any atom is 0.191 e. The van der Waals surface area contributed by atoms with E-state index in [9.17, 15) is 0 Å². The van der Waals surface area contributed by atoms with Gasteiger partial charge in [-0.15, -0.1) is 0 Å². The highest BCUT2D eigenvalue weighted by molar-refractivity contribution is 5.80. The maximum atomic E-state index is 6.00. The molecule has 0 aromatic rings. The van der Waals surface area contributed by atoms with Gasteiger partial charge in [-0.1, -0.05) is 40.0 Å². The zero-order valence-electron chi connectivity index (χ0n) is 12.4. The topological polar surface area (TPSA) is 44.9 Å². The first-order valence-corrected chi connectivity index (χ1v) is 7.51. The van der Waals surface area contributed by atoms with E-state index in [1.165, 1.54) is 25.7 Å². The Balaban J connectivity index is 2.36. The van der Waals surface area contributed by atoms with Crippen molar-refractivity contribution in [3.63, 3.8) is 0 Å². The van der Waals surface area contributed by atoms with E-state index in [-0.39, 0.29) is 0 Å². The smallest absolute Gasteiger partial charge is 0.191 e. The molecule has 0 aromatic heterocycles. The highest BCUT2D eigenvalue weighted by Crippen LogP contribution is 2.15. The summed E-state index contributed by atoms with van der Waals surface area (Å²) in [4.78, 5) is 9.16. The average molecular weight is 254 g/mol. The second kappa shape index (κ2) is 8.35. The lowest BCUT2D eigenvalue weighted by Crippen LogP contribution is -2.45. The standard InChI is InChI=1S/C14H30N4/c1-4-7-8-9-13-12-16-14(15)18(13)11-10-17(5-2)6-3/h13H,4-12H2,1-3H3,(H2,15,16). The molecule has 1 unspecified atom stereocenters. The lowest BCUT2D eigenvalue weighted by Gasteiger charge is -2.29. The molecule has 0 spiro atoms. The molecule has 18 heavy (non-hydrogen) atoms. The fourth-order valence-electron chi connectivity index (χ4n) is 2.54. The molecule has 0 aliphatic carbocycles. The summed E-state index contributed by atoms with van der Waals surface area (Å²) < 4.78 is 0. The molecule has 0 amide bonds. The molecule has 0 bridgehead atoms. The van der Waals surface area contributed by atoms with Crippen LogP contribution in [0.5, 0.6) is 0 Å². The number of hydrogen-bond acceptors (Lipinski definition) is 4. The van der Waals surface area contributed by atoms with E-state index in [4.69, 9.17) is 5.73 Å². The van der Waals surface area contributed by atoms with E-state index in [1.54, 1.807) is 0 Å². The van der Waals surface area contributed by atoms with E-state index >= 15 is 0 Å². The predicted molar refractivity (Wildman–Crippen MR) is 78.9 cm³/mol. The minimum absolute atomic E-state index is 0.548. The summed E-state index contributed by atoms with van der Waals surface area (Å²) in [6, 6.07) is 0.548. The Kier molecular flexibility index (Phi) is 7.09. The van der Waals surface area contributed by atoms with Crippen LogP contribution in [0.4, 0.5) is 0 Å². The van der Waals surface area contributed by atoms with Crippen molar-refractivity contribution in [1.29, 1.82) is 0 Å². The minimum atomic E-state index is 0.548. The highest BCUT2D eigenvalue weighted by Gasteiger charge is 2.25. The maximum absolute atomic E-state index is 6.00. The van der Waals surface area contributed by atoms with Gasteiger partial charge in [0.15, 0.2) is 5.96 Å². The van der Waals surface area contributed by atoms with Crippen LogP contribution in [-0.2, 0) is 0 Å². The third-order valence-corrected chi connectivity index (χ3v) is 3.89. The predicted octanol–water partition coefficient (Wildman–Crippen LogP) is 1.91. The number of hydrogen-bond donors (Lipinski definition) is 1. The molecule has 1 heterocycles. The second-order valence-corrected chi connectivity index (χ2v) is 5.07. The monoisotopic (exact) mass is 254 g/mol. The molecular formula is C14H30N4. The largest absolute Gasteiger partial charge is 0.370 e. The Morgan fingerprint density at radius 3 is 2.61 bits per heavy atom. The average Bonchev–Trinajstić information content (AvgIpc) is 2.73. The van der Waals surface area contributed by atoms with Gasteiger partial charge in [0.25, 0.3) is 0 Å². The van der Waals surface area contributed by atoms with Gasteiger partial charge in [-0.3, -0.25) is 4.99 Å². The summed E-state index contributed by atoms with van der Waals surface area (Å²) in [5.74, 6) is 0.753. The van der Waals surface area contributed by atoms with Gasteiger partial charge in [0.2, 0.25) is 0 Å². The van der Waals surface area contributed by atoms with Gasteiger partial charge in [-0.2, -0.15) is 0 Å². The van der Waals surface area contributed by atoms with Gasteiger partial charge in [0.1, 0.15) is 0 Å². The first-order chi connectivity index (χ1) is 8.72. The van der Waals surface area contributed by atoms with Crippen molar-refractivity contribution < 1.29 is 0 Å². The number of likely N-dealkylation sites (N-methyl/N-ethyl adjacent to an activating group) is 1. The van der Waals surface area contributed by atoms with E-state index in [0.29, 0.717) is 6.04 Å². The molecule has 0 fully saturated rings. The summed E-state index contributed by atoms with van der Waals surface area (Å²) in [6.45, 7) is 11.9. The van der Waals surface area contributed by atoms with Crippen molar-refractivity contribution in [2.24, 2.45) is 10.7 Å². The second-order valence-electron chi connectivity index (χ2n) is 5.07. The van der Waals surface area contributed by atoms with Crippen LogP contribution in [0.15, 0.2) is 4.99 Å². The van der Waals surface area contributed by atoms with E-state index < -0.39 is 0 Å². The zero-order chi connectivity index (χ0) is 13.4.